The van der Waals surface area contributed by atoms with E-state index in [-0.39, 0.29) is 5.41 Å². The van der Waals surface area contributed by atoms with Crippen LogP contribution in [-0.2, 0) is 19.0 Å². The average molecular weight is 236 g/mol. The highest BCUT2D eigenvalue weighted by molar-refractivity contribution is 5.17. The molecule has 0 amide bonds. The largest absolute Gasteiger partial charge is 0.314 e. The topological polar surface area (TPSA) is 33.1 Å². The van der Waals surface area contributed by atoms with Gasteiger partial charge in [0.05, 0.1) is 5.69 Å². The van der Waals surface area contributed by atoms with Crippen LogP contribution in [-0.4, -0.2) is 40.9 Å². The van der Waals surface area contributed by atoms with Gasteiger partial charge in [0.2, 0.25) is 0 Å². The Hall–Kier alpha value is -0.870. The zero-order chi connectivity index (χ0) is 12.5. The van der Waals surface area contributed by atoms with Crippen LogP contribution in [0.2, 0.25) is 0 Å². The van der Waals surface area contributed by atoms with Crippen LogP contribution in [0.1, 0.15) is 32.2 Å². The lowest BCUT2D eigenvalue weighted by atomic mass is 9.92. The Morgan fingerprint density at radius 3 is 2.47 bits per heavy atom. The SMILES string of the molecule is Cn1nc(CN2CCNCC2)cc1C(C)(C)C. The monoisotopic (exact) mass is 236 g/mol. The van der Waals surface area contributed by atoms with Crippen molar-refractivity contribution in [3.05, 3.63) is 17.5 Å². The van der Waals surface area contributed by atoms with Gasteiger partial charge in [0.1, 0.15) is 0 Å². The summed E-state index contributed by atoms with van der Waals surface area (Å²) in [4.78, 5) is 2.46. The van der Waals surface area contributed by atoms with E-state index in [2.05, 4.69) is 42.2 Å². The fourth-order valence-corrected chi connectivity index (χ4v) is 2.40. The van der Waals surface area contributed by atoms with E-state index in [0.717, 1.165) is 32.7 Å². The summed E-state index contributed by atoms with van der Waals surface area (Å²) in [7, 11) is 2.04. The molecule has 0 aromatic carbocycles. The highest BCUT2D eigenvalue weighted by Crippen LogP contribution is 2.22. The lowest BCUT2D eigenvalue weighted by Crippen LogP contribution is -2.42. The molecule has 0 spiro atoms. The third kappa shape index (κ3) is 3.07. The average Bonchev–Trinajstić information content (AvgIpc) is 2.60. The maximum atomic E-state index is 4.63. The molecule has 0 saturated carbocycles. The number of aromatic nitrogens is 2. The first kappa shape index (κ1) is 12.6. The Balaban J connectivity index is 2.06. The maximum absolute atomic E-state index is 4.63. The summed E-state index contributed by atoms with van der Waals surface area (Å²) < 4.78 is 2.03. The van der Waals surface area contributed by atoms with E-state index in [1.165, 1.54) is 11.4 Å². The molecule has 2 heterocycles. The lowest BCUT2D eigenvalue weighted by Gasteiger charge is -2.26. The summed E-state index contributed by atoms with van der Waals surface area (Å²) in [5.74, 6) is 0. The predicted molar refractivity (Wildman–Crippen MR) is 70.1 cm³/mol. The van der Waals surface area contributed by atoms with Gasteiger partial charge in [-0.25, -0.2) is 0 Å². The molecule has 4 heteroatoms. The highest BCUT2D eigenvalue weighted by Gasteiger charge is 2.20. The molecule has 0 radical (unpaired) electrons. The summed E-state index contributed by atoms with van der Waals surface area (Å²) in [6.07, 6.45) is 0. The van der Waals surface area contributed by atoms with Crippen molar-refractivity contribution < 1.29 is 0 Å². The Kier molecular flexibility index (Phi) is 3.54. The van der Waals surface area contributed by atoms with Crippen LogP contribution in [0.5, 0.6) is 0 Å². The van der Waals surface area contributed by atoms with Crippen molar-refractivity contribution in [2.45, 2.75) is 32.7 Å². The number of piperazine rings is 1. The van der Waals surface area contributed by atoms with Crippen molar-refractivity contribution in [3.63, 3.8) is 0 Å². The van der Waals surface area contributed by atoms with E-state index in [4.69, 9.17) is 0 Å². The minimum absolute atomic E-state index is 0.170. The van der Waals surface area contributed by atoms with Gasteiger partial charge in [-0.3, -0.25) is 9.58 Å². The molecular weight excluding hydrogens is 212 g/mol. The molecule has 0 atom stereocenters. The fraction of sp³-hybridized carbons (Fsp3) is 0.769. The van der Waals surface area contributed by atoms with E-state index in [1.807, 2.05) is 11.7 Å². The minimum Gasteiger partial charge on any atom is -0.314 e. The van der Waals surface area contributed by atoms with E-state index in [0.29, 0.717) is 0 Å². The number of nitrogens with zero attached hydrogens (tertiary/aromatic N) is 3. The van der Waals surface area contributed by atoms with E-state index in [9.17, 15) is 0 Å². The highest BCUT2D eigenvalue weighted by atomic mass is 15.3. The molecule has 1 fully saturated rings. The Morgan fingerprint density at radius 2 is 1.94 bits per heavy atom. The van der Waals surface area contributed by atoms with Gasteiger partial charge in [-0.05, 0) is 6.07 Å². The molecule has 1 aliphatic heterocycles. The minimum atomic E-state index is 0.170. The zero-order valence-electron chi connectivity index (χ0n) is 11.5. The van der Waals surface area contributed by atoms with Crippen molar-refractivity contribution >= 4 is 0 Å². The normalized spacial score (nSPS) is 18.6. The van der Waals surface area contributed by atoms with Crippen LogP contribution < -0.4 is 5.32 Å². The summed E-state index contributed by atoms with van der Waals surface area (Å²) in [5.41, 5.74) is 2.67. The molecule has 1 N–H and O–H groups in total. The molecule has 17 heavy (non-hydrogen) atoms. The summed E-state index contributed by atoms with van der Waals surface area (Å²) in [6, 6.07) is 2.25. The van der Waals surface area contributed by atoms with Crippen LogP contribution in [0.4, 0.5) is 0 Å². The summed E-state index contributed by atoms with van der Waals surface area (Å²) in [6.45, 7) is 12.1. The van der Waals surface area contributed by atoms with Crippen LogP contribution in [0.25, 0.3) is 0 Å². The first-order valence-electron chi connectivity index (χ1n) is 6.43. The van der Waals surface area contributed by atoms with Gasteiger partial charge in [-0.2, -0.15) is 5.10 Å². The van der Waals surface area contributed by atoms with Crippen molar-refractivity contribution in [3.8, 4) is 0 Å². The Bertz CT molecular complexity index is 369. The van der Waals surface area contributed by atoms with Gasteiger partial charge in [-0.1, -0.05) is 20.8 Å². The zero-order valence-corrected chi connectivity index (χ0v) is 11.5. The second-order valence-corrected chi connectivity index (χ2v) is 5.92. The quantitative estimate of drug-likeness (QED) is 0.835. The molecule has 1 aromatic rings. The van der Waals surface area contributed by atoms with Gasteiger partial charge >= 0.3 is 0 Å². The van der Waals surface area contributed by atoms with Crippen molar-refractivity contribution in [2.75, 3.05) is 26.2 Å². The number of hydrogen-bond donors (Lipinski definition) is 1. The smallest absolute Gasteiger partial charge is 0.0767 e. The van der Waals surface area contributed by atoms with E-state index >= 15 is 0 Å². The summed E-state index contributed by atoms with van der Waals surface area (Å²) in [5, 5.41) is 8.00. The number of aryl methyl sites for hydroxylation is 1. The second-order valence-electron chi connectivity index (χ2n) is 5.92. The van der Waals surface area contributed by atoms with Gasteiger partial charge in [-0.15, -0.1) is 0 Å². The van der Waals surface area contributed by atoms with Crippen molar-refractivity contribution in [2.24, 2.45) is 7.05 Å². The van der Waals surface area contributed by atoms with Crippen molar-refractivity contribution in [1.82, 2.24) is 20.0 Å². The van der Waals surface area contributed by atoms with Crippen molar-refractivity contribution in [1.29, 1.82) is 0 Å². The van der Waals surface area contributed by atoms with Gasteiger partial charge in [0.25, 0.3) is 0 Å². The molecule has 4 nitrogen and oxygen atoms in total. The third-order valence-corrected chi connectivity index (χ3v) is 3.29. The molecule has 0 bridgehead atoms. The molecular formula is C13H24N4. The van der Waals surface area contributed by atoms with E-state index in [1.54, 1.807) is 0 Å². The summed E-state index contributed by atoms with van der Waals surface area (Å²) >= 11 is 0. The standard InChI is InChI=1S/C13H24N4/c1-13(2,3)12-9-11(15-16(12)4)10-17-7-5-14-6-8-17/h9,14H,5-8,10H2,1-4H3. The Labute approximate surface area is 104 Å². The first-order valence-corrected chi connectivity index (χ1v) is 6.43. The second kappa shape index (κ2) is 4.78. The lowest BCUT2D eigenvalue weighted by molar-refractivity contribution is 0.230. The van der Waals surface area contributed by atoms with Crippen LogP contribution in [0.3, 0.4) is 0 Å². The molecule has 1 aliphatic rings. The number of rotatable bonds is 2. The molecule has 2 rings (SSSR count). The Morgan fingerprint density at radius 1 is 1.29 bits per heavy atom. The molecule has 1 saturated heterocycles. The molecule has 0 aliphatic carbocycles. The van der Waals surface area contributed by atoms with Gasteiger partial charge in [0, 0.05) is 50.9 Å². The number of hydrogen-bond acceptors (Lipinski definition) is 3. The predicted octanol–water partition coefficient (Wildman–Crippen LogP) is 1.12. The molecule has 1 aromatic heterocycles. The van der Waals surface area contributed by atoms with Gasteiger partial charge in [0.15, 0.2) is 0 Å². The fourth-order valence-electron chi connectivity index (χ4n) is 2.40. The maximum Gasteiger partial charge on any atom is 0.0767 e. The third-order valence-electron chi connectivity index (χ3n) is 3.29. The van der Waals surface area contributed by atoms with Crippen LogP contribution >= 0.6 is 0 Å². The van der Waals surface area contributed by atoms with Crippen LogP contribution in [0, 0.1) is 0 Å². The molecule has 96 valence electrons. The first-order chi connectivity index (χ1) is 7.97. The van der Waals surface area contributed by atoms with Gasteiger partial charge < -0.3 is 5.32 Å². The molecule has 0 unspecified atom stereocenters. The number of nitrogens with one attached hydrogen (secondary N) is 1. The van der Waals surface area contributed by atoms with Crippen LogP contribution in [0.15, 0.2) is 6.07 Å². The van der Waals surface area contributed by atoms with E-state index < -0.39 is 0 Å².